The maximum absolute atomic E-state index is 12.3. The first-order valence-corrected chi connectivity index (χ1v) is 10.0. The van der Waals surface area contributed by atoms with Gasteiger partial charge in [-0.05, 0) is 43.3 Å². The van der Waals surface area contributed by atoms with Crippen molar-refractivity contribution in [1.29, 1.82) is 0 Å². The molecule has 0 radical (unpaired) electrons. The van der Waals surface area contributed by atoms with Crippen molar-refractivity contribution in [2.24, 2.45) is 0 Å². The van der Waals surface area contributed by atoms with Crippen LogP contribution in [0.15, 0.2) is 58.3 Å². The molecule has 0 fully saturated rings. The fraction of sp³-hybridized carbons (Fsp3) is 0.200. The van der Waals surface area contributed by atoms with E-state index in [0.717, 1.165) is 5.56 Å². The van der Waals surface area contributed by atoms with E-state index in [1.54, 1.807) is 12.1 Å². The molecule has 0 aromatic heterocycles. The van der Waals surface area contributed by atoms with Crippen molar-refractivity contribution in [2.75, 3.05) is 17.9 Å². The lowest BCUT2D eigenvalue weighted by atomic mass is 10.2. The Balaban J connectivity index is 2.18. The quantitative estimate of drug-likeness (QED) is 0.675. The molecule has 9 heteroatoms. The van der Waals surface area contributed by atoms with Crippen LogP contribution in [0.1, 0.15) is 5.56 Å². The van der Waals surface area contributed by atoms with Crippen LogP contribution in [0, 0.1) is 6.92 Å². The van der Waals surface area contributed by atoms with E-state index >= 15 is 0 Å². The highest BCUT2D eigenvalue weighted by molar-refractivity contribution is 7.92. The molecule has 0 saturated heterocycles. The molecule has 2 aromatic carbocycles. The fourth-order valence-electron chi connectivity index (χ4n) is 1.90. The zero-order chi connectivity index (χ0) is 17.8. The molecule has 0 aliphatic carbocycles. The van der Waals surface area contributed by atoms with Crippen LogP contribution < -0.4 is 9.44 Å². The zero-order valence-corrected chi connectivity index (χ0v) is 14.6. The summed E-state index contributed by atoms with van der Waals surface area (Å²) in [7, 11) is -7.47. The second-order valence-corrected chi connectivity index (χ2v) is 8.51. The maximum Gasteiger partial charge on any atom is 0.261 e. The van der Waals surface area contributed by atoms with Crippen LogP contribution in [0.25, 0.3) is 0 Å². The molecule has 0 atom stereocenters. The summed E-state index contributed by atoms with van der Waals surface area (Å²) in [5.74, 6) is 0. The van der Waals surface area contributed by atoms with E-state index in [0.29, 0.717) is 0 Å². The van der Waals surface area contributed by atoms with Gasteiger partial charge in [-0.2, -0.15) is 0 Å². The predicted octanol–water partition coefficient (Wildman–Crippen LogP) is 1.07. The summed E-state index contributed by atoms with van der Waals surface area (Å²) >= 11 is 0. The Labute approximate surface area is 141 Å². The van der Waals surface area contributed by atoms with Crippen molar-refractivity contribution in [3.8, 4) is 0 Å². The van der Waals surface area contributed by atoms with Crippen molar-refractivity contribution in [3.05, 3.63) is 54.1 Å². The van der Waals surface area contributed by atoms with Gasteiger partial charge in [-0.1, -0.05) is 17.7 Å². The first-order chi connectivity index (χ1) is 11.2. The number of benzene rings is 2. The molecule has 0 bridgehead atoms. The van der Waals surface area contributed by atoms with Crippen molar-refractivity contribution < 1.29 is 21.9 Å². The van der Waals surface area contributed by atoms with E-state index in [1.165, 1.54) is 36.4 Å². The molecule has 2 aromatic rings. The zero-order valence-electron chi connectivity index (χ0n) is 12.9. The number of hydrogen-bond acceptors (Lipinski definition) is 5. The van der Waals surface area contributed by atoms with Crippen LogP contribution in [0.3, 0.4) is 0 Å². The molecule has 3 N–H and O–H groups in total. The molecule has 0 saturated carbocycles. The molecule has 130 valence electrons. The number of anilines is 1. The summed E-state index contributed by atoms with van der Waals surface area (Å²) < 4.78 is 52.9. The Hall–Kier alpha value is -1.94. The SMILES string of the molecule is Cc1ccc(S(=O)(=O)Nc2ccc(S(=O)(=O)NCCO)cc2)cc1. The molecule has 0 unspecified atom stereocenters. The lowest BCUT2D eigenvalue weighted by Crippen LogP contribution is -2.26. The molecule has 2 rings (SSSR count). The van der Waals surface area contributed by atoms with Gasteiger partial charge in [-0.15, -0.1) is 0 Å². The predicted molar refractivity (Wildman–Crippen MR) is 90.7 cm³/mol. The molecule has 24 heavy (non-hydrogen) atoms. The molecule has 0 heterocycles. The van der Waals surface area contributed by atoms with Gasteiger partial charge in [0, 0.05) is 12.2 Å². The summed E-state index contributed by atoms with van der Waals surface area (Å²) in [5.41, 5.74) is 1.19. The highest BCUT2D eigenvalue weighted by Crippen LogP contribution is 2.18. The first kappa shape index (κ1) is 18.4. The van der Waals surface area contributed by atoms with Crippen LogP contribution >= 0.6 is 0 Å². The third-order valence-corrected chi connectivity index (χ3v) is 6.03. The highest BCUT2D eigenvalue weighted by Gasteiger charge is 2.16. The van der Waals surface area contributed by atoms with Gasteiger partial charge in [-0.25, -0.2) is 21.6 Å². The third-order valence-electron chi connectivity index (χ3n) is 3.15. The summed E-state index contributed by atoms with van der Waals surface area (Å²) in [6, 6.07) is 11.7. The molecule has 0 aliphatic rings. The maximum atomic E-state index is 12.3. The Kier molecular flexibility index (Phi) is 5.60. The standard InChI is InChI=1S/C15H18N2O5S2/c1-12-2-6-15(7-3-12)24(21,22)17-13-4-8-14(9-5-13)23(19,20)16-10-11-18/h2-9,16-18H,10-11H2,1H3. The second-order valence-electron chi connectivity index (χ2n) is 5.06. The molecular weight excluding hydrogens is 352 g/mol. The molecular formula is C15H18N2O5S2. The van der Waals surface area contributed by atoms with Gasteiger partial charge in [0.15, 0.2) is 0 Å². The fourth-order valence-corrected chi connectivity index (χ4v) is 3.98. The van der Waals surface area contributed by atoms with Gasteiger partial charge in [0.05, 0.1) is 16.4 Å². The Bertz CT molecular complexity index is 890. The normalized spacial score (nSPS) is 12.1. The number of rotatable bonds is 7. The summed E-state index contributed by atoms with van der Waals surface area (Å²) in [5, 5.41) is 8.67. The lowest BCUT2D eigenvalue weighted by Gasteiger charge is -2.10. The van der Waals surface area contributed by atoms with Crippen LogP contribution in [-0.4, -0.2) is 35.1 Å². The molecule has 0 amide bonds. The number of aliphatic hydroxyl groups excluding tert-OH is 1. The van der Waals surface area contributed by atoms with Crippen molar-refractivity contribution >= 4 is 25.7 Å². The molecule has 0 aliphatic heterocycles. The number of sulfonamides is 2. The van der Waals surface area contributed by atoms with Gasteiger partial charge < -0.3 is 5.11 Å². The van der Waals surface area contributed by atoms with Gasteiger partial charge in [0.2, 0.25) is 10.0 Å². The van der Waals surface area contributed by atoms with Gasteiger partial charge in [0.1, 0.15) is 0 Å². The number of aryl methyl sites for hydroxylation is 1. The first-order valence-electron chi connectivity index (χ1n) is 7.05. The number of nitrogens with one attached hydrogen (secondary N) is 2. The average molecular weight is 370 g/mol. The molecule has 0 spiro atoms. The lowest BCUT2D eigenvalue weighted by molar-refractivity contribution is 0.301. The summed E-state index contributed by atoms with van der Waals surface area (Å²) in [4.78, 5) is 0.101. The van der Waals surface area contributed by atoms with Crippen molar-refractivity contribution in [1.82, 2.24) is 4.72 Å². The van der Waals surface area contributed by atoms with Crippen molar-refractivity contribution in [3.63, 3.8) is 0 Å². The van der Waals surface area contributed by atoms with Crippen LogP contribution in [0.2, 0.25) is 0 Å². The minimum Gasteiger partial charge on any atom is -0.395 e. The van der Waals surface area contributed by atoms with E-state index in [1.807, 2.05) is 6.92 Å². The van der Waals surface area contributed by atoms with E-state index < -0.39 is 20.0 Å². The minimum atomic E-state index is -3.74. The Morgan fingerprint density at radius 2 is 1.33 bits per heavy atom. The van der Waals surface area contributed by atoms with Gasteiger partial charge in [0.25, 0.3) is 10.0 Å². The largest absolute Gasteiger partial charge is 0.395 e. The monoisotopic (exact) mass is 370 g/mol. The van der Waals surface area contributed by atoms with E-state index in [4.69, 9.17) is 5.11 Å². The van der Waals surface area contributed by atoms with Crippen LogP contribution in [-0.2, 0) is 20.0 Å². The topological polar surface area (TPSA) is 113 Å². The number of hydrogen-bond donors (Lipinski definition) is 3. The van der Waals surface area contributed by atoms with Crippen molar-refractivity contribution in [2.45, 2.75) is 16.7 Å². The van der Waals surface area contributed by atoms with Gasteiger partial charge in [-0.3, -0.25) is 4.72 Å². The Morgan fingerprint density at radius 1 is 0.833 bits per heavy atom. The smallest absolute Gasteiger partial charge is 0.261 e. The summed E-state index contributed by atoms with van der Waals surface area (Å²) in [6.45, 7) is 1.45. The Morgan fingerprint density at radius 3 is 1.88 bits per heavy atom. The highest BCUT2D eigenvalue weighted by atomic mass is 32.2. The second kappa shape index (κ2) is 7.31. The average Bonchev–Trinajstić information content (AvgIpc) is 2.53. The van der Waals surface area contributed by atoms with E-state index in [2.05, 4.69) is 9.44 Å². The van der Waals surface area contributed by atoms with Gasteiger partial charge >= 0.3 is 0 Å². The van der Waals surface area contributed by atoms with Crippen LogP contribution in [0.4, 0.5) is 5.69 Å². The third kappa shape index (κ3) is 4.54. The number of aliphatic hydroxyl groups is 1. The minimum absolute atomic E-state index is 0.0192. The van der Waals surface area contributed by atoms with E-state index in [9.17, 15) is 16.8 Å². The van der Waals surface area contributed by atoms with Crippen LogP contribution in [0.5, 0.6) is 0 Å². The molecule has 7 nitrogen and oxygen atoms in total. The van der Waals surface area contributed by atoms with E-state index in [-0.39, 0.29) is 28.6 Å². The summed E-state index contributed by atoms with van der Waals surface area (Å²) in [6.07, 6.45) is 0.